The average Bonchev–Trinajstić information content (AvgIpc) is 2.37. The van der Waals surface area contributed by atoms with Gasteiger partial charge in [0.05, 0.1) is 9.37 Å². The van der Waals surface area contributed by atoms with Crippen LogP contribution in [0.15, 0.2) is 27.6 Å². The van der Waals surface area contributed by atoms with Crippen molar-refractivity contribution in [1.82, 2.24) is 4.72 Å². The molecule has 6 heteroatoms. The molecule has 1 aromatic carbocycles. The zero-order chi connectivity index (χ0) is 14.9. The Bertz CT molecular complexity index is 591. The summed E-state index contributed by atoms with van der Waals surface area (Å²) in [7, 11) is -3.65. The van der Waals surface area contributed by atoms with Gasteiger partial charge in [0.15, 0.2) is 0 Å². The third kappa shape index (κ3) is 3.59. The minimum Gasteiger partial charge on any atom is -0.208 e. The Morgan fingerprint density at radius 2 is 1.95 bits per heavy atom. The highest BCUT2D eigenvalue weighted by Gasteiger charge is 2.28. The van der Waals surface area contributed by atoms with Crippen LogP contribution in [-0.4, -0.2) is 14.5 Å². The Labute approximate surface area is 128 Å². The summed E-state index contributed by atoms with van der Waals surface area (Å²) in [5, 5.41) is 0. The molecule has 1 aliphatic carbocycles. The van der Waals surface area contributed by atoms with E-state index in [1.807, 2.05) is 0 Å². The number of rotatable bonds is 3. The number of hydrogen-bond donors (Lipinski definition) is 1. The van der Waals surface area contributed by atoms with E-state index in [0.717, 1.165) is 25.3 Å². The maximum atomic E-state index is 13.5. The van der Waals surface area contributed by atoms with Crippen molar-refractivity contribution in [2.75, 3.05) is 0 Å². The fourth-order valence-corrected chi connectivity index (χ4v) is 4.13. The van der Waals surface area contributed by atoms with Crippen molar-refractivity contribution in [2.24, 2.45) is 11.8 Å². The maximum absolute atomic E-state index is 13.5. The summed E-state index contributed by atoms with van der Waals surface area (Å²) >= 11 is 3.02. The van der Waals surface area contributed by atoms with Crippen molar-refractivity contribution in [1.29, 1.82) is 0 Å². The van der Waals surface area contributed by atoms with E-state index in [-0.39, 0.29) is 15.4 Å². The standard InChI is InChI=1S/C14H19BrFNO2S/c1-9-3-4-11(7-10(9)2)17-20(18,19)12-5-6-13(15)14(16)8-12/h5-6,8-11,17H,3-4,7H2,1-2H3. The van der Waals surface area contributed by atoms with Crippen molar-refractivity contribution in [3.63, 3.8) is 0 Å². The molecule has 0 amide bonds. The molecule has 3 unspecified atom stereocenters. The van der Waals surface area contributed by atoms with Gasteiger partial charge in [-0.3, -0.25) is 0 Å². The third-order valence-corrected chi connectivity index (χ3v) is 6.28. The quantitative estimate of drug-likeness (QED) is 0.889. The molecule has 1 saturated carbocycles. The summed E-state index contributed by atoms with van der Waals surface area (Å²) < 4.78 is 40.9. The van der Waals surface area contributed by atoms with Crippen LogP contribution >= 0.6 is 15.9 Å². The minimum atomic E-state index is -3.65. The average molecular weight is 364 g/mol. The van der Waals surface area contributed by atoms with Gasteiger partial charge in [0.2, 0.25) is 10.0 Å². The molecule has 3 atom stereocenters. The molecule has 0 heterocycles. The SMILES string of the molecule is CC1CCC(NS(=O)(=O)c2ccc(Br)c(F)c2)CC1C. The van der Waals surface area contributed by atoms with Gasteiger partial charge >= 0.3 is 0 Å². The van der Waals surface area contributed by atoms with Crippen LogP contribution in [0.1, 0.15) is 33.1 Å². The van der Waals surface area contributed by atoms with E-state index in [2.05, 4.69) is 34.5 Å². The largest absolute Gasteiger partial charge is 0.240 e. The number of nitrogens with one attached hydrogen (secondary N) is 1. The van der Waals surface area contributed by atoms with Crippen molar-refractivity contribution in [3.8, 4) is 0 Å². The van der Waals surface area contributed by atoms with Gasteiger partial charge in [-0.15, -0.1) is 0 Å². The molecule has 0 spiro atoms. The zero-order valence-corrected chi connectivity index (χ0v) is 14.0. The highest BCUT2D eigenvalue weighted by molar-refractivity contribution is 9.10. The van der Waals surface area contributed by atoms with Crippen molar-refractivity contribution < 1.29 is 12.8 Å². The predicted molar refractivity (Wildman–Crippen MR) is 80.4 cm³/mol. The molecular weight excluding hydrogens is 345 g/mol. The van der Waals surface area contributed by atoms with Crippen LogP contribution in [0.2, 0.25) is 0 Å². The van der Waals surface area contributed by atoms with Crippen LogP contribution in [-0.2, 0) is 10.0 Å². The highest BCUT2D eigenvalue weighted by atomic mass is 79.9. The van der Waals surface area contributed by atoms with Gasteiger partial charge in [-0.25, -0.2) is 17.5 Å². The number of hydrogen-bond acceptors (Lipinski definition) is 2. The number of sulfonamides is 1. The Morgan fingerprint density at radius 3 is 2.55 bits per heavy atom. The normalized spacial score (nSPS) is 27.5. The molecule has 0 radical (unpaired) electrons. The molecule has 0 saturated heterocycles. The van der Waals surface area contributed by atoms with Gasteiger partial charge in [0, 0.05) is 6.04 Å². The van der Waals surface area contributed by atoms with E-state index in [1.165, 1.54) is 12.1 Å². The second-order valence-electron chi connectivity index (χ2n) is 5.66. The first-order valence-corrected chi connectivity index (χ1v) is 9.04. The Kier molecular flexibility index (Phi) is 4.87. The molecule has 0 bridgehead atoms. The molecular formula is C14H19BrFNO2S. The second-order valence-corrected chi connectivity index (χ2v) is 8.23. The van der Waals surface area contributed by atoms with Crippen molar-refractivity contribution in [3.05, 3.63) is 28.5 Å². The van der Waals surface area contributed by atoms with Gasteiger partial charge in [0.1, 0.15) is 5.82 Å². The van der Waals surface area contributed by atoms with Crippen LogP contribution in [0.4, 0.5) is 4.39 Å². The lowest BCUT2D eigenvalue weighted by atomic mass is 9.79. The summed E-state index contributed by atoms with van der Waals surface area (Å²) in [6.45, 7) is 4.34. The fourth-order valence-electron chi connectivity index (χ4n) is 2.59. The lowest BCUT2D eigenvalue weighted by Gasteiger charge is -2.32. The van der Waals surface area contributed by atoms with Gasteiger partial charge in [-0.05, 0) is 65.2 Å². The fraction of sp³-hybridized carbons (Fsp3) is 0.571. The summed E-state index contributed by atoms with van der Waals surface area (Å²) in [6, 6.07) is 3.80. The van der Waals surface area contributed by atoms with Crippen LogP contribution in [0.5, 0.6) is 0 Å². The van der Waals surface area contributed by atoms with Crippen LogP contribution in [0.25, 0.3) is 0 Å². The third-order valence-electron chi connectivity index (χ3n) is 4.12. The molecule has 1 N–H and O–H groups in total. The maximum Gasteiger partial charge on any atom is 0.240 e. The predicted octanol–water partition coefficient (Wildman–Crippen LogP) is 3.69. The number of benzene rings is 1. The molecule has 1 aliphatic rings. The summed E-state index contributed by atoms with van der Waals surface area (Å²) in [6.07, 6.45) is 2.69. The summed E-state index contributed by atoms with van der Waals surface area (Å²) in [5.41, 5.74) is 0. The second kappa shape index (κ2) is 6.12. The summed E-state index contributed by atoms with van der Waals surface area (Å²) in [5.74, 6) is 0.553. The Morgan fingerprint density at radius 1 is 1.25 bits per heavy atom. The molecule has 1 aromatic rings. The van der Waals surface area contributed by atoms with E-state index >= 15 is 0 Å². The lowest BCUT2D eigenvalue weighted by Crippen LogP contribution is -2.39. The van der Waals surface area contributed by atoms with Gasteiger partial charge in [0.25, 0.3) is 0 Å². The molecule has 0 aliphatic heterocycles. The lowest BCUT2D eigenvalue weighted by molar-refractivity contribution is 0.242. The van der Waals surface area contributed by atoms with E-state index in [9.17, 15) is 12.8 Å². The van der Waals surface area contributed by atoms with Crippen LogP contribution in [0, 0.1) is 17.7 Å². The minimum absolute atomic E-state index is 0.0236. The molecule has 3 nitrogen and oxygen atoms in total. The van der Waals surface area contributed by atoms with E-state index in [1.54, 1.807) is 0 Å². The zero-order valence-electron chi connectivity index (χ0n) is 11.6. The molecule has 1 fully saturated rings. The van der Waals surface area contributed by atoms with E-state index in [0.29, 0.717) is 11.8 Å². The van der Waals surface area contributed by atoms with Gasteiger partial charge in [-0.1, -0.05) is 13.8 Å². The Balaban J connectivity index is 2.13. The highest BCUT2D eigenvalue weighted by Crippen LogP contribution is 2.30. The van der Waals surface area contributed by atoms with Crippen molar-refractivity contribution in [2.45, 2.75) is 44.0 Å². The number of halogens is 2. The first kappa shape index (κ1) is 15.9. The van der Waals surface area contributed by atoms with Crippen LogP contribution < -0.4 is 4.72 Å². The first-order chi connectivity index (χ1) is 9.29. The van der Waals surface area contributed by atoms with E-state index < -0.39 is 15.8 Å². The Hall–Kier alpha value is -0.460. The molecule has 0 aromatic heterocycles. The van der Waals surface area contributed by atoms with Gasteiger partial charge in [-0.2, -0.15) is 0 Å². The monoisotopic (exact) mass is 363 g/mol. The van der Waals surface area contributed by atoms with Crippen LogP contribution in [0.3, 0.4) is 0 Å². The molecule has 2 rings (SSSR count). The van der Waals surface area contributed by atoms with Gasteiger partial charge < -0.3 is 0 Å². The molecule has 20 heavy (non-hydrogen) atoms. The van der Waals surface area contributed by atoms with Crippen molar-refractivity contribution >= 4 is 26.0 Å². The topological polar surface area (TPSA) is 46.2 Å². The van der Waals surface area contributed by atoms with E-state index in [4.69, 9.17) is 0 Å². The smallest absolute Gasteiger partial charge is 0.208 e. The first-order valence-electron chi connectivity index (χ1n) is 6.77. The summed E-state index contributed by atoms with van der Waals surface area (Å²) in [4.78, 5) is -0.0236. The molecule has 112 valence electrons.